The summed E-state index contributed by atoms with van der Waals surface area (Å²) in [5.74, 6) is -0.321. The van der Waals surface area contributed by atoms with Gasteiger partial charge in [0, 0.05) is 19.8 Å². The largest absolute Gasteiger partial charge is 0.462 e. The maximum absolute atomic E-state index is 11.1. The van der Waals surface area contributed by atoms with E-state index < -0.39 is 8.56 Å². The van der Waals surface area contributed by atoms with E-state index in [9.17, 15) is 4.79 Å². The molecule has 16 heavy (non-hydrogen) atoms. The van der Waals surface area contributed by atoms with Gasteiger partial charge in [0.05, 0.1) is 6.61 Å². The first-order valence-electron chi connectivity index (χ1n) is 5.38. The smallest absolute Gasteiger partial charge is 0.334 e. The fraction of sp³-hybridized carbons (Fsp3) is 0.727. The predicted molar refractivity (Wildman–Crippen MR) is 65.5 cm³/mol. The van der Waals surface area contributed by atoms with Crippen molar-refractivity contribution < 1.29 is 18.4 Å². The molecule has 0 heterocycles. The van der Waals surface area contributed by atoms with Crippen LogP contribution in [0.15, 0.2) is 12.2 Å². The van der Waals surface area contributed by atoms with Gasteiger partial charge in [-0.15, -0.1) is 0 Å². The number of carbonyl (C=O) groups excluding carboxylic acids is 1. The van der Waals surface area contributed by atoms with Gasteiger partial charge in [0.1, 0.15) is 0 Å². The van der Waals surface area contributed by atoms with Gasteiger partial charge in [-0.25, -0.2) is 4.79 Å². The van der Waals surface area contributed by atoms with Gasteiger partial charge in [0.25, 0.3) is 0 Å². The standard InChI is InChI=1S/C11H22O4Si/c1-10(2)11(12)15-8-6-7-9-16(5,13-3)14-4/h1,6-9H2,2-5H3. The second-order valence-corrected chi connectivity index (χ2v) is 7.50. The van der Waals surface area contributed by atoms with E-state index in [4.69, 9.17) is 13.6 Å². The zero-order chi connectivity index (χ0) is 12.6. The van der Waals surface area contributed by atoms with Crippen molar-refractivity contribution in [1.29, 1.82) is 0 Å². The fourth-order valence-corrected chi connectivity index (χ4v) is 2.59. The van der Waals surface area contributed by atoms with E-state index in [0.29, 0.717) is 12.2 Å². The molecule has 0 saturated carbocycles. The molecule has 0 saturated heterocycles. The number of rotatable bonds is 8. The average molecular weight is 246 g/mol. The molecule has 0 unspecified atom stereocenters. The van der Waals surface area contributed by atoms with Crippen molar-refractivity contribution in [3.8, 4) is 0 Å². The maximum atomic E-state index is 11.1. The van der Waals surface area contributed by atoms with Crippen molar-refractivity contribution in [2.45, 2.75) is 32.4 Å². The summed E-state index contributed by atoms with van der Waals surface area (Å²) in [5, 5.41) is 0. The van der Waals surface area contributed by atoms with Gasteiger partial charge in [-0.3, -0.25) is 0 Å². The first-order chi connectivity index (χ1) is 7.45. The second kappa shape index (κ2) is 7.59. The summed E-state index contributed by atoms with van der Waals surface area (Å²) in [7, 11) is 1.40. The Morgan fingerprint density at radius 2 is 1.81 bits per heavy atom. The van der Waals surface area contributed by atoms with Crippen molar-refractivity contribution in [3.63, 3.8) is 0 Å². The summed E-state index contributed by atoms with van der Waals surface area (Å²) in [4.78, 5) is 11.1. The minimum atomic E-state index is -1.95. The Hall–Kier alpha value is -0.653. The number of carbonyl (C=O) groups is 1. The summed E-state index contributed by atoms with van der Waals surface area (Å²) in [6, 6.07) is 0.907. The van der Waals surface area contributed by atoms with Gasteiger partial charge >= 0.3 is 14.5 Å². The Balaban J connectivity index is 3.61. The number of ether oxygens (including phenoxy) is 1. The van der Waals surface area contributed by atoms with Crippen LogP contribution in [0.3, 0.4) is 0 Å². The van der Waals surface area contributed by atoms with Crippen molar-refractivity contribution >= 4 is 14.5 Å². The fourth-order valence-electron chi connectivity index (χ4n) is 1.12. The number of hydrogen-bond acceptors (Lipinski definition) is 4. The highest BCUT2D eigenvalue weighted by atomic mass is 28.4. The Kier molecular flexibility index (Phi) is 7.28. The lowest BCUT2D eigenvalue weighted by molar-refractivity contribution is -0.139. The van der Waals surface area contributed by atoms with Gasteiger partial charge < -0.3 is 13.6 Å². The first-order valence-corrected chi connectivity index (χ1v) is 7.90. The zero-order valence-corrected chi connectivity index (χ0v) is 11.7. The summed E-state index contributed by atoms with van der Waals surface area (Å²) in [6.07, 6.45) is 1.77. The molecule has 0 aliphatic heterocycles. The third-order valence-electron chi connectivity index (χ3n) is 2.47. The van der Waals surface area contributed by atoms with Crippen molar-refractivity contribution in [2.75, 3.05) is 20.8 Å². The molecule has 4 nitrogen and oxygen atoms in total. The lowest BCUT2D eigenvalue weighted by atomic mass is 10.3. The lowest BCUT2D eigenvalue weighted by Gasteiger charge is -2.22. The van der Waals surface area contributed by atoms with Crippen molar-refractivity contribution in [1.82, 2.24) is 0 Å². The number of unbranched alkanes of at least 4 members (excludes halogenated alkanes) is 1. The van der Waals surface area contributed by atoms with Crippen LogP contribution in [-0.4, -0.2) is 35.4 Å². The third kappa shape index (κ3) is 6.04. The molecule has 0 aliphatic carbocycles. The Morgan fingerprint density at radius 1 is 1.25 bits per heavy atom. The molecule has 0 radical (unpaired) electrons. The molecule has 5 heteroatoms. The van der Waals surface area contributed by atoms with Gasteiger partial charge in [-0.2, -0.15) is 0 Å². The van der Waals surface area contributed by atoms with Crippen LogP contribution in [0.25, 0.3) is 0 Å². The normalized spacial score (nSPS) is 11.2. The molecule has 94 valence electrons. The highest BCUT2D eigenvalue weighted by molar-refractivity contribution is 6.65. The van der Waals surface area contributed by atoms with Gasteiger partial charge in [0.2, 0.25) is 0 Å². The third-order valence-corrected chi connectivity index (χ3v) is 5.46. The van der Waals surface area contributed by atoms with E-state index in [1.54, 1.807) is 21.1 Å². The van der Waals surface area contributed by atoms with Crippen LogP contribution >= 0.6 is 0 Å². The highest BCUT2D eigenvalue weighted by Crippen LogP contribution is 2.15. The van der Waals surface area contributed by atoms with Crippen LogP contribution in [0.2, 0.25) is 12.6 Å². The molecule has 0 atom stereocenters. The average Bonchev–Trinajstić information content (AvgIpc) is 2.27. The summed E-state index contributed by atoms with van der Waals surface area (Å²) < 4.78 is 15.7. The predicted octanol–water partition coefficient (Wildman–Crippen LogP) is 2.25. The van der Waals surface area contributed by atoms with E-state index in [1.807, 2.05) is 6.55 Å². The molecule has 0 N–H and O–H groups in total. The van der Waals surface area contributed by atoms with E-state index in [1.165, 1.54) is 0 Å². The van der Waals surface area contributed by atoms with Crippen LogP contribution in [0.1, 0.15) is 19.8 Å². The summed E-state index contributed by atoms with van der Waals surface area (Å²) >= 11 is 0. The van der Waals surface area contributed by atoms with Crippen LogP contribution in [0, 0.1) is 0 Å². The van der Waals surface area contributed by atoms with Crippen molar-refractivity contribution in [2.24, 2.45) is 0 Å². The monoisotopic (exact) mass is 246 g/mol. The summed E-state index contributed by atoms with van der Waals surface area (Å²) in [6.45, 7) is 7.61. The van der Waals surface area contributed by atoms with Crippen LogP contribution in [0.5, 0.6) is 0 Å². The van der Waals surface area contributed by atoms with Crippen LogP contribution in [0.4, 0.5) is 0 Å². The van der Waals surface area contributed by atoms with Gasteiger partial charge in [-0.1, -0.05) is 6.58 Å². The van der Waals surface area contributed by atoms with E-state index >= 15 is 0 Å². The Labute approximate surface area is 98.8 Å². The molecule has 0 fully saturated rings. The Morgan fingerprint density at radius 3 is 2.25 bits per heavy atom. The number of esters is 1. The molecule has 0 rings (SSSR count). The minimum absolute atomic E-state index is 0.321. The van der Waals surface area contributed by atoms with Crippen molar-refractivity contribution in [3.05, 3.63) is 12.2 Å². The van der Waals surface area contributed by atoms with Gasteiger partial charge in [0.15, 0.2) is 0 Å². The van der Waals surface area contributed by atoms with E-state index in [0.717, 1.165) is 18.9 Å². The topological polar surface area (TPSA) is 44.8 Å². The first kappa shape index (κ1) is 15.3. The van der Waals surface area contributed by atoms with Crippen LogP contribution < -0.4 is 0 Å². The molecule has 0 aromatic heterocycles. The maximum Gasteiger partial charge on any atom is 0.334 e. The molecule has 0 aliphatic rings. The molecular formula is C11H22O4Si. The summed E-state index contributed by atoms with van der Waals surface area (Å²) in [5.41, 5.74) is 0.438. The second-order valence-electron chi connectivity index (χ2n) is 3.92. The molecule has 0 aromatic carbocycles. The SMILES string of the molecule is C=C(C)C(=O)OCCCC[Si](C)(OC)OC. The lowest BCUT2D eigenvalue weighted by Crippen LogP contribution is -2.35. The molecule has 0 amide bonds. The molecular weight excluding hydrogens is 224 g/mol. The molecule has 0 aromatic rings. The van der Waals surface area contributed by atoms with Crippen LogP contribution in [-0.2, 0) is 18.4 Å². The minimum Gasteiger partial charge on any atom is -0.462 e. The Bertz CT molecular complexity index is 236. The molecule has 0 spiro atoms. The highest BCUT2D eigenvalue weighted by Gasteiger charge is 2.27. The van der Waals surface area contributed by atoms with Gasteiger partial charge in [-0.05, 0) is 32.4 Å². The molecule has 0 bridgehead atoms. The van der Waals surface area contributed by atoms with E-state index in [2.05, 4.69) is 6.58 Å². The zero-order valence-electron chi connectivity index (χ0n) is 10.7. The quantitative estimate of drug-likeness (QED) is 0.285. The van der Waals surface area contributed by atoms with E-state index in [-0.39, 0.29) is 5.97 Å². The number of hydrogen-bond donors (Lipinski definition) is 0.